The van der Waals surface area contributed by atoms with Crippen molar-refractivity contribution in [2.24, 2.45) is 0 Å². The van der Waals surface area contributed by atoms with Gasteiger partial charge in [-0.1, -0.05) is 34.1 Å². The van der Waals surface area contributed by atoms with E-state index in [9.17, 15) is 4.79 Å². The van der Waals surface area contributed by atoms with E-state index in [1.54, 1.807) is 12.1 Å². The van der Waals surface area contributed by atoms with Gasteiger partial charge in [-0.25, -0.2) is 0 Å². The highest BCUT2D eigenvalue weighted by Gasteiger charge is 2.14. The Hall–Kier alpha value is -2.73. The Morgan fingerprint density at radius 2 is 1.78 bits per heavy atom. The fourth-order valence-corrected chi connectivity index (χ4v) is 3.58. The average Bonchev–Trinajstić information content (AvgIpc) is 3.23. The summed E-state index contributed by atoms with van der Waals surface area (Å²) in [6, 6.07) is 19.0. The maximum absolute atomic E-state index is 12.4. The molecule has 0 bridgehead atoms. The highest BCUT2D eigenvalue weighted by molar-refractivity contribution is 9.10. The standard InChI is InChI=1S/C21H19BrN4O/c22-17-7-3-6-16(13-17)21(27)23-18-8-4-5-15(14-18)19-9-10-20(25-24-19)26-11-1-2-12-26/h3-10,13-14H,1-2,11-12H2,(H,23,27). The average molecular weight is 423 g/mol. The van der Waals surface area contributed by atoms with Gasteiger partial charge in [0.05, 0.1) is 5.69 Å². The number of amides is 1. The first-order valence-electron chi connectivity index (χ1n) is 8.95. The lowest BCUT2D eigenvalue weighted by molar-refractivity contribution is 0.102. The van der Waals surface area contributed by atoms with Gasteiger partial charge in [0.2, 0.25) is 0 Å². The number of halogens is 1. The zero-order chi connectivity index (χ0) is 18.6. The number of anilines is 2. The summed E-state index contributed by atoms with van der Waals surface area (Å²) in [7, 11) is 0. The van der Waals surface area contributed by atoms with Gasteiger partial charge in [0.1, 0.15) is 0 Å². The number of benzene rings is 2. The fourth-order valence-electron chi connectivity index (χ4n) is 3.18. The summed E-state index contributed by atoms with van der Waals surface area (Å²) >= 11 is 3.39. The lowest BCUT2D eigenvalue weighted by Gasteiger charge is -2.15. The van der Waals surface area contributed by atoms with Gasteiger partial charge in [0.25, 0.3) is 5.91 Å². The molecule has 0 atom stereocenters. The Balaban J connectivity index is 1.51. The van der Waals surface area contributed by atoms with Crippen LogP contribution in [0.1, 0.15) is 23.2 Å². The Kier molecular flexibility index (Phi) is 5.16. The van der Waals surface area contributed by atoms with Gasteiger partial charge < -0.3 is 10.2 Å². The number of carbonyl (C=O) groups is 1. The first-order valence-corrected chi connectivity index (χ1v) is 9.74. The number of aromatic nitrogens is 2. The van der Waals surface area contributed by atoms with Crippen LogP contribution in [0, 0.1) is 0 Å². The Labute approximate surface area is 166 Å². The van der Waals surface area contributed by atoms with Crippen molar-refractivity contribution in [3.8, 4) is 11.3 Å². The third-order valence-electron chi connectivity index (χ3n) is 4.58. The van der Waals surface area contributed by atoms with Gasteiger partial charge >= 0.3 is 0 Å². The first-order chi connectivity index (χ1) is 13.2. The van der Waals surface area contributed by atoms with Gasteiger partial charge in [-0.15, -0.1) is 10.2 Å². The molecule has 2 aromatic carbocycles. The molecule has 3 aromatic rings. The molecule has 0 saturated carbocycles. The normalized spacial score (nSPS) is 13.6. The quantitative estimate of drug-likeness (QED) is 0.658. The lowest BCUT2D eigenvalue weighted by atomic mass is 10.1. The van der Waals surface area contributed by atoms with E-state index < -0.39 is 0 Å². The van der Waals surface area contributed by atoms with Gasteiger partial charge in [-0.05, 0) is 55.3 Å². The molecular formula is C21H19BrN4O. The SMILES string of the molecule is O=C(Nc1cccc(-c2ccc(N3CCCC3)nn2)c1)c1cccc(Br)c1. The number of rotatable bonds is 4. The molecule has 1 fully saturated rings. The van der Waals surface area contributed by atoms with Crippen LogP contribution in [0.25, 0.3) is 11.3 Å². The Bertz CT molecular complexity index is 952. The summed E-state index contributed by atoms with van der Waals surface area (Å²) in [4.78, 5) is 14.7. The molecule has 5 nitrogen and oxygen atoms in total. The summed E-state index contributed by atoms with van der Waals surface area (Å²) < 4.78 is 0.872. The van der Waals surface area contributed by atoms with Gasteiger partial charge in [0, 0.05) is 34.4 Å². The molecule has 6 heteroatoms. The molecule has 136 valence electrons. The number of hydrogen-bond donors (Lipinski definition) is 1. The van der Waals surface area contributed by atoms with Gasteiger partial charge in [0.15, 0.2) is 5.82 Å². The zero-order valence-corrected chi connectivity index (χ0v) is 16.3. The van der Waals surface area contributed by atoms with E-state index in [1.807, 2.05) is 48.5 Å². The predicted octanol–water partition coefficient (Wildman–Crippen LogP) is 4.76. The molecule has 0 spiro atoms. The van der Waals surface area contributed by atoms with Crippen LogP contribution in [0.2, 0.25) is 0 Å². The summed E-state index contributed by atoms with van der Waals surface area (Å²) in [5, 5.41) is 11.7. The maximum atomic E-state index is 12.4. The van der Waals surface area contributed by atoms with E-state index in [2.05, 4.69) is 36.3 Å². The summed E-state index contributed by atoms with van der Waals surface area (Å²) in [6.07, 6.45) is 2.42. The second kappa shape index (κ2) is 7.88. The molecule has 0 radical (unpaired) electrons. The Morgan fingerprint density at radius 3 is 2.52 bits per heavy atom. The molecule has 1 N–H and O–H groups in total. The minimum atomic E-state index is -0.149. The second-order valence-corrected chi connectivity index (χ2v) is 7.43. The summed E-state index contributed by atoms with van der Waals surface area (Å²) in [5.74, 6) is 0.777. The van der Waals surface area contributed by atoms with Crippen LogP contribution in [-0.4, -0.2) is 29.2 Å². The number of nitrogens with zero attached hydrogens (tertiary/aromatic N) is 3. The summed E-state index contributed by atoms with van der Waals surface area (Å²) in [6.45, 7) is 2.09. The van der Waals surface area contributed by atoms with E-state index in [4.69, 9.17) is 0 Å². The predicted molar refractivity (Wildman–Crippen MR) is 111 cm³/mol. The minimum absolute atomic E-state index is 0.149. The molecule has 1 aliphatic heterocycles. The highest BCUT2D eigenvalue weighted by Crippen LogP contribution is 2.23. The van der Waals surface area contributed by atoms with E-state index in [1.165, 1.54) is 12.8 Å². The van der Waals surface area contributed by atoms with Gasteiger partial charge in [-0.2, -0.15) is 0 Å². The van der Waals surface area contributed by atoms with Crippen molar-refractivity contribution < 1.29 is 4.79 Å². The molecule has 1 amide bonds. The van der Waals surface area contributed by atoms with Crippen molar-refractivity contribution in [1.29, 1.82) is 0 Å². The van der Waals surface area contributed by atoms with Crippen molar-refractivity contribution in [3.63, 3.8) is 0 Å². The molecular weight excluding hydrogens is 404 g/mol. The minimum Gasteiger partial charge on any atom is -0.355 e. The topological polar surface area (TPSA) is 58.1 Å². The second-order valence-electron chi connectivity index (χ2n) is 6.52. The van der Waals surface area contributed by atoms with Crippen LogP contribution in [0.15, 0.2) is 65.1 Å². The molecule has 1 aliphatic rings. The smallest absolute Gasteiger partial charge is 0.255 e. The number of hydrogen-bond acceptors (Lipinski definition) is 4. The van der Waals surface area contributed by atoms with Crippen molar-refractivity contribution in [2.45, 2.75) is 12.8 Å². The van der Waals surface area contributed by atoms with Crippen LogP contribution in [0.5, 0.6) is 0 Å². The molecule has 0 aliphatic carbocycles. The first kappa shape index (κ1) is 17.7. The molecule has 2 heterocycles. The van der Waals surface area contributed by atoms with Gasteiger partial charge in [-0.3, -0.25) is 4.79 Å². The van der Waals surface area contributed by atoms with Crippen LogP contribution in [0.4, 0.5) is 11.5 Å². The molecule has 4 rings (SSSR count). The maximum Gasteiger partial charge on any atom is 0.255 e. The van der Waals surface area contributed by atoms with Crippen LogP contribution in [-0.2, 0) is 0 Å². The molecule has 1 saturated heterocycles. The van der Waals surface area contributed by atoms with Crippen LogP contribution >= 0.6 is 15.9 Å². The lowest BCUT2D eigenvalue weighted by Crippen LogP contribution is -2.19. The van der Waals surface area contributed by atoms with Crippen molar-refractivity contribution in [2.75, 3.05) is 23.3 Å². The van der Waals surface area contributed by atoms with E-state index >= 15 is 0 Å². The zero-order valence-electron chi connectivity index (χ0n) is 14.7. The Morgan fingerprint density at radius 1 is 0.963 bits per heavy atom. The van der Waals surface area contributed by atoms with Crippen molar-refractivity contribution >= 4 is 33.3 Å². The number of carbonyl (C=O) groups excluding carboxylic acids is 1. The van der Waals surface area contributed by atoms with E-state index in [0.717, 1.165) is 40.3 Å². The third-order valence-corrected chi connectivity index (χ3v) is 5.08. The molecule has 1 aromatic heterocycles. The fraction of sp³-hybridized carbons (Fsp3) is 0.190. The van der Waals surface area contributed by atoms with E-state index in [0.29, 0.717) is 5.56 Å². The van der Waals surface area contributed by atoms with Crippen LogP contribution in [0.3, 0.4) is 0 Å². The monoisotopic (exact) mass is 422 g/mol. The number of nitrogens with one attached hydrogen (secondary N) is 1. The van der Waals surface area contributed by atoms with E-state index in [-0.39, 0.29) is 5.91 Å². The largest absolute Gasteiger partial charge is 0.355 e. The third kappa shape index (κ3) is 4.17. The highest BCUT2D eigenvalue weighted by atomic mass is 79.9. The van der Waals surface area contributed by atoms with Crippen molar-refractivity contribution in [1.82, 2.24) is 10.2 Å². The summed E-state index contributed by atoms with van der Waals surface area (Å²) in [5.41, 5.74) is 3.03. The van der Waals surface area contributed by atoms with Crippen LogP contribution < -0.4 is 10.2 Å². The molecule has 27 heavy (non-hydrogen) atoms. The van der Waals surface area contributed by atoms with Crippen molar-refractivity contribution in [3.05, 3.63) is 70.7 Å². The molecule has 0 unspecified atom stereocenters.